The molecule has 1 aliphatic rings. The SMILES string of the molecule is CC[NH+](CC(=O)Nc1cccc(OC)c1)CC(=O)Nc1ccc2c(c1)CCC2. The van der Waals surface area contributed by atoms with Crippen molar-refractivity contribution in [3.63, 3.8) is 0 Å². The molecule has 0 aliphatic heterocycles. The lowest BCUT2D eigenvalue weighted by atomic mass is 10.1. The van der Waals surface area contributed by atoms with Crippen molar-refractivity contribution >= 4 is 23.2 Å². The quantitative estimate of drug-likeness (QED) is 0.650. The largest absolute Gasteiger partial charge is 0.497 e. The van der Waals surface area contributed by atoms with E-state index in [1.54, 1.807) is 13.2 Å². The summed E-state index contributed by atoms with van der Waals surface area (Å²) in [5.41, 5.74) is 4.23. The highest BCUT2D eigenvalue weighted by atomic mass is 16.5. The first-order valence-electron chi connectivity index (χ1n) is 9.76. The van der Waals surface area contributed by atoms with Crippen LogP contribution in [-0.2, 0) is 22.4 Å². The van der Waals surface area contributed by atoms with Gasteiger partial charge in [-0.05, 0) is 61.6 Å². The van der Waals surface area contributed by atoms with E-state index < -0.39 is 0 Å². The van der Waals surface area contributed by atoms with Crippen molar-refractivity contribution in [3.05, 3.63) is 53.6 Å². The van der Waals surface area contributed by atoms with E-state index in [4.69, 9.17) is 4.74 Å². The number of nitrogens with one attached hydrogen (secondary N) is 3. The van der Waals surface area contributed by atoms with Crippen LogP contribution in [-0.4, -0.2) is 38.6 Å². The molecule has 0 spiro atoms. The number of fused-ring (bicyclic) bond motifs is 1. The highest BCUT2D eigenvalue weighted by Gasteiger charge is 2.18. The third-order valence-corrected chi connectivity index (χ3v) is 5.06. The fourth-order valence-corrected chi connectivity index (χ4v) is 3.53. The molecule has 0 fully saturated rings. The topological polar surface area (TPSA) is 71.9 Å². The standard InChI is InChI=1S/C22H27N3O3/c1-3-25(14-21(26)23-18-8-5-9-20(13-18)28-2)15-22(27)24-19-11-10-16-6-4-7-17(16)12-19/h5,8-13H,3-4,6-7,14-15H2,1-2H3,(H,23,26)(H,24,27)/p+1. The van der Waals surface area contributed by atoms with E-state index in [1.165, 1.54) is 17.5 Å². The monoisotopic (exact) mass is 382 g/mol. The van der Waals surface area contributed by atoms with E-state index in [-0.39, 0.29) is 24.9 Å². The second kappa shape index (κ2) is 9.37. The van der Waals surface area contributed by atoms with Crippen molar-refractivity contribution in [1.29, 1.82) is 0 Å². The Morgan fingerprint density at radius 2 is 1.64 bits per heavy atom. The normalized spacial score (nSPS) is 13.5. The number of likely N-dealkylation sites (N-methyl/N-ethyl adjacent to an activating group) is 1. The molecule has 3 rings (SSSR count). The summed E-state index contributed by atoms with van der Waals surface area (Å²) in [4.78, 5) is 25.7. The average Bonchev–Trinajstić information content (AvgIpc) is 3.15. The average molecular weight is 382 g/mol. The fourth-order valence-electron chi connectivity index (χ4n) is 3.53. The predicted octanol–water partition coefficient (Wildman–Crippen LogP) is 1.67. The van der Waals surface area contributed by atoms with E-state index in [0.717, 1.165) is 23.4 Å². The summed E-state index contributed by atoms with van der Waals surface area (Å²) in [6, 6.07) is 13.4. The van der Waals surface area contributed by atoms with Crippen LogP contribution in [0, 0.1) is 0 Å². The van der Waals surface area contributed by atoms with E-state index in [2.05, 4.69) is 22.8 Å². The molecule has 148 valence electrons. The molecule has 0 bridgehead atoms. The Hall–Kier alpha value is -2.86. The maximum atomic E-state index is 12.4. The highest BCUT2D eigenvalue weighted by molar-refractivity contribution is 5.93. The minimum absolute atomic E-state index is 0.0797. The number of carbonyl (C=O) groups excluding carboxylic acids is 2. The zero-order valence-electron chi connectivity index (χ0n) is 16.5. The Morgan fingerprint density at radius 1 is 0.964 bits per heavy atom. The summed E-state index contributed by atoms with van der Waals surface area (Å²) in [6.45, 7) is 3.13. The number of hydrogen-bond acceptors (Lipinski definition) is 3. The maximum Gasteiger partial charge on any atom is 0.279 e. The smallest absolute Gasteiger partial charge is 0.279 e. The lowest BCUT2D eigenvalue weighted by molar-refractivity contribution is -0.881. The van der Waals surface area contributed by atoms with Gasteiger partial charge in [-0.1, -0.05) is 12.1 Å². The second-order valence-corrected chi connectivity index (χ2v) is 7.12. The number of ether oxygens (including phenoxy) is 1. The summed E-state index contributed by atoms with van der Waals surface area (Å²) in [5, 5.41) is 5.83. The molecule has 28 heavy (non-hydrogen) atoms. The van der Waals surface area contributed by atoms with Crippen LogP contribution >= 0.6 is 0 Å². The molecule has 6 nitrogen and oxygen atoms in total. The highest BCUT2D eigenvalue weighted by Crippen LogP contribution is 2.24. The van der Waals surface area contributed by atoms with Gasteiger partial charge >= 0.3 is 0 Å². The first kappa shape index (κ1) is 19.9. The predicted molar refractivity (Wildman–Crippen MR) is 110 cm³/mol. The van der Waals surface area contributed by atoms with Crippen molar-refractivity contribution < 1.29 is 19.2 Å². The van der Waals surface area contributed by atoms with Crippen LogP contribution in [0.4, 0.5) is 11.4 Å². The van der Waals surface area contributed by atoms with Gasteiger partial charge in [-0.15, -0.1) is 0 Å². The Morgan fingerprint density at radius 3 is 2.32 bits per heavy atom. The van der Waals surface area contributed by atoms with Crippen LogP contribution in [0.3, 0.4) is 0 Å². The van der Waals surface area contributed by atoms with Crippen LogP contribution in [0.15, 0.2) is 42.5 Å². The van der Waals surface area contributed by atoms with Crippen LogP contribution < -0.4 is 20.3 Å². The van der Waals surface area contributed by atoms with E-state index >= 15 is 0 Å². The van der Waals surface area contributed by atoms with Crippen molar-refractivity contribution in [2.45, 2.75) is 26.2 Å². The van der Waals surface area contributed by atoms with E-state index in [1.807, 2.05) is 31.2 Å². The summed E-state index contributed by atoms with van der Waals surface area (Å²) >= 11 is 0. The third kappa shape index (κ3) is 5.33. The zero-order valence-corrected chi connectivity index (χ0v) is 16.5. The Bertz CT molecular complexity index is 851. The number of quaternary nitrogens is 1. The molecule has 1 aliphatic carbocycles. The lowest BCUT2D eigenvalue weighted by Gasteiger charge is -2.17. The molecule has 1 atom stereocenters. The molecule has 0 saturated carbocycles. The molecule has 0 heterocycles. The Balaban J connectivity index is 1.51. The van der Waals surface area contributed by atoms with Gasteiger partial charge in [-0.3, -0.25) is 9.59 Å². The van der Waals surface area contributed by atoms with Gasteiger partial charge in [0, 0.05) is 17.4 Å². The van der Waals surface area contributed by atoms with Gasteiger partial charge in [0.25, 0.3) is 11.8 Å². The molecule has 1 unspecified atom stereocenters. The summed E-state index contributed by atoms with van der Waals surface area (Å²) < 4.78 is 5.17. The molecule has 2 aromatic carbocycles. The molecule has 0 saturated heterocycles. The zero-order chi connectivity index (χ0) is 19.9. The van der Waals surface area contributed by atoms with Crippen LogP contribution in [0.25, 0.3) is 0 Å². The molecule has 2 aromatic rings. The van der Waals surface area contributed by atoms with Gasteiger partial charge in [0.2, 0.25) is 0 Å². The van der Waals surface area contributed by atoms with Gasteiger partial charge in [0.15, 0.2) is 13.1 Å². The second-order valence-electron chi connectivity index (χ2n) is 7.12. The summed E-state index contributed by atoms with van der Waals surface area (Å²) in [5.74, 6) is 0.477. The van der Waals surface area contributed by atoms with Gasteiger partial charge in [0.05, 0.1) is 13.7 Å². The third-order valence-electron chi connectivity index (χ3n) is 5.06. The Kier molecular flexibility index (Phi) is 6.66. The molecule has 6 heteroatoms. The van der Waals surface area contributed by atoms with Gasteiger partial charge < -0.3 is 20.3 Å². The van der Waals surface area contributed by atoms with Crippen molar-refractivity contribution in [2.24, 2.45) is 0 Å². The van der Waals surface area contributed by atoms with Gasteiger partial charge in [-0.25, -0.2) is 0 Å². The first-order chi connectivity index (χ1) is 13.6. The van der Waals surface area contributed by atoms with E-state index in [0.29, 0.717) is 18.0 Å². The lowest BCUT2D eigenvalue weighted by Crippen LogP contribution is -3.13. The molecule has 0 aromatic heterocycles. The number of carbonyl (C=O) groups is 2. The number of rotatable bonds is 8. The van der Waals surface area contributed by atoms with Crippen molar-refractivity contribution in [2.75, 3.05) is 37.4 Å². The molecular formula is C22H28N3O3+. The minimum atomic E-state index is -0.129. The molecule has 2 amide bonds. The first-order valence-corrected chi connectivity index (χ1v) is 9.76. The number of amides is 2. The maximum absolute atomic E-state index is 12.4. The van der Waals surface area contributed by atoms with Gasteiger partial charge in [0.1, 0.15) is 5.75 Å². The van der Waals surface area contributed by atoms with Crippen molar-refractivity contribution in [1.82, 2.24) is 0 Å². The van der Waals surface area contributed by atoms with Crippen molar-refractivity contribution in [3.8, 4) is 5.75 Å². The number of methoxy groups -OCH3 is 1. The number of benzene rings is 2. The Labute approximate surface area is 165 Å². The summed E-state index contributed by atoms with van der Waals surface area (Å²) in [6.07, 6.45) is 3.39. The molecule has 0 radical (unpaired) electrons. The number of anilines is 2. The molecule has 3 N–H and O–H groups in total. The van der Waals surface area contributed by atoms with Crippen LogP contribution in [0.5, 0.6) is 5.75 Å². The van der Waals surface area contributed by atoms with Crippen LogP contribution in [0.1, 0.15) is 24.5 Å². The van der Waals surface area contributed by atoms with Crippen LogP contribution in [0.2, 0.25) is 0 Å². The minimum Gasteiger partial charge on any atom is -0.497 e. The fraction of sp³-hybridized carbons (Fsp3) is 0.364. The van der Waals surface area contributed by atoms with Gasteiger partial charge in [-0.2, -0.15) is 0 Å². The van der Waals surface area contributed by atoms with E-state index in [9.17, 15) is 9.59 Å². The number of hydrogen-bond donors (Lipinski definition) is 3. The summed E-state index contributed by atoms with van der Waals surface area (Å²) in [7, 11) is 1.59. The number of aryl methyl sites for hydroxylation is 2. The molecular weight excluding hydrogens is 354 g/mol.